The van der Waals surface area contributed by atoms with Crippen LogP contribution in [0.2, 0.25) is 0 Å². The molecular weight excluding hydrogens is 445 g/mol. The second-order valence-electron chi connectivity index (χ2n) is 8.34. The van der Waals surface area contributed by atoms with E-state index in [1.165, 1.54) is 40.5 Å². The second kappa shape index (κ2) is 7.33. The van der Waals surface area contributed by atoms with Crippen molar-refractivity contribution in [3.63, 3.8) is 0 Å². The summed E-state index contributed by atoms with van der Waals surface area (Å²) in [6.45, 7) is 0.493. The van der Waals surface area contributed by atoms with Gasteiger partial charge in [-0.05, 0) is 43.0 Å². The van der Waals surface area contributed by atoms with Gasteiger partial charge in [0.05, 0.1) is 17.5 Å². The molecular formula is C22H19F3N2O4S. The molecule has 1 aromatic heterocycles. The van der Waals surface area contributed by atoms with Crippen LogP contribution in [0, 0.1) is 0 Å². The van der Waals surface area contributed by atoms with E-state index in [1.807, 2.05) is 0 Å². The largest absolute Gasteiger partial charge is 0.488 e. The van der Waals surface area contributed by atoms with E-state index in [0.29, 0.717) is 24.3 Å². The standard InChI is InChI=1S/C22H19F3N2O4S/c23-22(24,25)21(7-8-21)12-1-3-13(4-2-12)31-11-14-9-15-17(32-14)10-27(20(15)30)16-5-6-18(28)26-19(16)29/h1-4,9,16H,5-8,10-11H2,(H,26,28,29)/t16-/m0/s1. The summed E-state index contributed by atoms with van der Waals surface area (Å²) in [4.78, 5) is 39.3. The molecule has 1 saturated carbocycles. The molecule has 2 aliphatic heterocycles. The number of benzene rings is 1. The highest BCUT2D eigenvalue weighted by molar-refractivity contribution is 7.12. The van der Waals surface area contributed by atoms with Crippen molar-refractivity contribution in [2.45, 2.75) is 56.5 Å². The normalized spacial score (nSPS) is 22.0. The van der Waals surface area contributed by atoms with Crippen LogP contribution in [-0.4, -0.2) is 34.8 Å². The summed E-state index contributed by atoms with van der Waals surface area (Å²) in [5.74, 6) is -0.568. The molecule has 3 amide bonds. The molecule has 5 rings (SSSR count). The number of thiophene rings is 1. The van der Waals surface area contributed by atoms with Gasteiger partial charge in [-0.1, -0.05) is 12.1 Å². The van der Waals surface area contributed by atoms with Crippen molar-refractivity contribution in [2.75, 3.05) is 0 Å². The Morgan fingerprint density at radius 3 is 2.47 bits per heavy atom. The van der Waals surface area contributed by atoms with Gasteiger partial charge in [0.25, 0.3) is 5.91 Å². The Hall–Kier alpha value is -2.88. The fraction of sp³-hybridized carbons (Fsp3) is 0.409. The minimum Gasteiger partial charge on any atom is -0.488 e. The maximum absolute atomic E-state index is 13.2. The molecule has 0 radical (unpaired) electrons. The van der Waals surface area contributed by atoms with Crippen LogP contribution in [0.15, 0.2) is 30.3 Å². The van der Waals surface area contributed by atoms with E-state index < -0.39 is 23.5 Å². The first kappa shape index (κ1) is 21.0. The molecule has 0 unspecified atom stereocenters. The Labute approximate surface area is 185 Å². The summed E-state index contributed by atoms with van der Waals surface area (Å²) >= 11 is 1.40. The van der Waals surface area contributed by atoms with Crippen molar-refractivity contribution >= 4 is 29.1 Å². The van der Waals surface area contributed by atoms with Crippen molar-refractivity contribution in [1.82, 2.24) is 10.2 Å². The number of halogens is 3. The summed E-state index contributed by atoms with van der Waals surface area (Å²) in [5, 5.41) is 2.27. The smallest absolute Gasteiger partial charge is 0.398 e. The first-order valence-electron chi connectivity index (χ1n) is 10.2. The van der Waals surface area contributed by atoms with Gasteiger partial charge in [0, 0.05) is 16.2 Å². The molecule has 1 saturated heterocycles. The zero-order valence-corrected chi connectivity index (χ0v) is 17.6. The Morgan fingerprint density at radius 2 is 1.88 bits per heavy atom. The summed E-state index contributed by atoms with van der Waals surface area (Å²) < 4.78 is 45.5. The fourth-order valence-corrected chi connectivity index (χ4v) is 5.42. The Balaban J connectivity index is 1.21. The number of carbonyl (C=O) groups is 3. The maximum Gasteiger partial charge on any atom is 0.398 e. The van der Waals surface area contributed by atoms with Gasteiger partial charge in [0.2, 0.25) is 11.8 Å². The number of ether oxygens (including phenoxy) is 1. The summed E-state index contributed by atoms with van der Waals surface area (Å²) in [6.07, 6.45) is -3.51. The molecule has 6 nitrogen and oxygen atoms in total. The first-order chi connectivity index (χ1) is 15.2. The van der Waals surface area contributed by atoms with Gasteiger partial charge in [-0.2, -0.15) is 13.2 Å². The summed E-state index contributed by atoms with van der Waals surface area (Å²) in [7, 11) is 0. The number of imide groups is 1. The van der Waals surface area contributed by atoms with Crippen LogP contribution in [0.5, 0.6) is 5.75 Å². The van der Waals surface area contributed by atoms with E-state index >= 15 is 0 Å². The molecule has 1 aliphatic carbocycles. The van der Waals surface area contributed by atoms with Crippen molar-refractivity contribution in [3.05, 3.63) is 51.2 Å². The van der Waals surface area contributed by atoms with Crippen LogP contribution in [-0.2, 0) is 28.2 Å². The van der Waals surface area contributed by atoms with Crippen molar-refractivity contribution in [1.29, 1.82) is 0 Å². The van der Waals surface area contributed by atoms with Crippen LogP contribution in [0.4, 0.5) is 13.2 Å². The molecule has 1 aromatic carbocycles. The van der Waals surface area contributed by atoms with Crippen LogP contribution in [0.1, 0.15) is 51.4 Å². The number of nitrogens with zero attached hydrogens (tertiary/aromatic N) is 1. The lowest BCUT2D eigenvalue weighted by Gasteiger charge is -2.29. The predicted molar refractivity (Wildman–Crippen MR) is 108 cm³/mol. The quantitative estimate of drug-likeness (QED) is 0.685. The number of amides is 3. The number of piperidine rings is 1. The van der Waals surface area contributed by atoms with Crippen LogP contribution in [0.3, 0.4) is 0 Å². The van der Waals surface area contributed by atoms with E-state index in [1.54, 1.807) is 6.07 Å². The Morgan fingerprint density at radius 1 is 1.16 bits per heavy atom. The van der Waals surface area contributed by atoms with Crippen molar-refractivity contribution in [2.24, 2.45) is 0 Å². The molecule has 3 heterocycles. The third-order valence-electron chi connectivity index (χ3n) is 6.33. The van der Waals surface area contributed by atoms with Gasteiger partial charge in [-0.3, -0.25) is 19.7 Å². The average Bonchev–Trinajstić information content (AvgIpc) is 3.39. The molecule has 0 bridgehead atoms. The number of hydrogen-bond acceptors (Lipinski definition) is 5. The molecule has 1 atom stereocenters. The topological polar surface area (TPSA) is 75.7 Å². The van der Waals surface area contributed by atoms with Gasteiger partial charge in [0.15, 0.2) is 0 Å². The molecule has 32 heavy (non-hydrogen) atoms. The van der Waals surface area contributed by atoms with Gasteiger partial charge in [0.1, 0.15) is 18.4 Å². The summed E-state index contributed by atoms with van der Waals surface area (Å²) in [5.41, 5.74) is -0.935. The predicted octanol–water partition coefficient (Wildman–Crippen LogP) is 3.68. The van der Waals surface area contributed by atoms with E-state index in [4.69, 9.17) is 4.74 Å². The first-order valence-corrected chi connectivity index (χ1v) is 11.1. The third-order valence-corrected chi connectivity index (χ3v) is 7.43. The van der Waals surface area contributed by atoms with Gasteiger partial charge in [-0.25, -0.2) is 0 Å². The van der Waals surface area contributed by atoms with E-state index in [0.717, 1.165) is 9.75 Å². The highest BCUT2D eigenvalue weighted by Crippen LogP contribution is 2.58. The third kappa shape index (κ3) is 3.46. The minimum atomic E-state index is -4.25. The number of hydrogen-bond donors (Lipinski definition) is 1. The average molecular weight is 464 g/mol. The van der Waals surface area contributed by atoms with Crippen molar-refractivity contribution in [3.8, 4) is 5.75 Å². The zero-order valence-electron chi connectivity index (χ0n) is 16.8. The van der Waals surface area contributed by atoms with Crippen LogP contribution in [0.25, 0.3) is 0 Å². The number of carbonyl (C=O) groups excluding carboxylic acids is 3. The Kier molecular flexibility index (Phi) is 4.81. The SMILES string of the molecule is O=C1CC[C@H](N2Cc3sc(COc4ccc(C5(C(F)(F)F)CC5)cc4)cc3C2=O)C(=O)N1. The Bertz CT molecular complexity index is 1110. The highest BCUT2D eigenvalue weighted by Gasteiger charge is 2.64. The highest BCUT2D eigenvalue weighted by atomic mass is 32.1. The van der Waals surface area contributed by atoms with Gasteiger partial charge in [-0.15, -0.1) is 11.3 Å². The number of fused-ring (bicyclic) bond motifs is 1. The van der Waals surface area contributed by atoms with E-state index in [9.17, 15) is 27.6 Å². The van der Waals surface area contributed by atoms with Gasteiger partial charge >= 0.3 is 6.18 Å². The molecule has 1 N–H and O–H groups in total. The van der Waals surface area contributed by atoms with Crippen LogP contribution < -0.4 is 10.1 Å². The second-order valence-corrected chi connectivity index (χ2v) is 9.56. The molecule has 0 spiro atoms. The number of alkyl halides is 3. The van der Waals surface area contributed by atoms with Gasteiger partial charge < -0.3 is 9.64 Å². The molecule has 2 aromatic rings. The maximum atomic E-state index is 13.2. The number of nitrogens with one attached hydrogen (secondary N) is 1. The lowest BCUT2D eigenvalue weighted by molar-refractivity contribution is -0.160. The zero-order chi connectivity index (χ0) is 22.7. The lowest BCUT2D eigenvalue weighted by atomic mass is 9.95. The lowest BCUT2D eigenvalue weighted by Crippen LogP contribution is -2.52. The molecule has 10 heteroatoms. The van der Waals surface area contributed by atoms with E-state index in [-0.39, 0.29) is 43.2 Å². The molecule has 3 aliphatic rings. The number of rotatable bonds is 5. The molecule has 2 fully saturated rings. The monoisotopic (exact) mass is 464 g/mol. The molecule has 168 valence electrons. The van der Waals surface area contributed by atoms with E-state index in [2.05, 4.69) is 5.32 Å². The van der Waals surface area contributed by atoms with Crippen molar-refractivity contribution < 1.29 is 32.3 Å². The minimum absolute atomic E-state index is 0.112. The fourth-order valence-electron chi connectivity index (χ4n) is 4.35. The summed E-state index contributed by atoms with van der Waals surface area (Å²) in [6, 6.07) is 7.09. The van der Waals surface area contributed by atoms with Crippen LogP contribution >= 0.6 is 11.3 Å².